The number of amides is 2. The highest BCUT2D eigenvalue weighted by molar-refractivity contribution is 5.97. The van der Waals surface area contributed by atoms with Gasteiger partial charge in [0.2, 0.25) is 5.91 Å². The first-order valence-electron chi connectivity index (χ1n) is 6.08. The molecule has 6 nitrogen and oxygen atoms in total. The SMILES string of the molecule is O=C1NC(C(=O)N2CCOCC2)Cn2cccc21. The Morgan fingerprint density at radius 2 is 2.17 bits per heavy atom. The Labute approximate surface area is 105 Å². The van der Waals surface area contributed by atoms with Crippen LogP contribution in [0, 0.1) is 0 Å². The lowest BCUT2D eigenvalue weighted by Gasteiger charge is -2.32. The topological polar surface area (TPSA) is 63.6 Å². The second kappa shape index (κ2) is 4.45. The average molecular weight is 249 g/mol. The number of carbonyl (C=O) groups excluding carboxylic acids is 2. The van der Waals surface area contributed by atoms with Gasteiger partial charge in [0.05, 0.1) is 19.8 Å². The standard InChI is InChI=1S/C12H15N3O3/c16-11-10-2-1-3-15(10)8-9(13-11)12(17)14-4-6-18-7-5-14/h1-3,9H,4-8H2,(H,13,16). The van der Waals surface area contributed by atoms with Gasteiger partial charge in [0, 0.05) is 19.3 Å². The summed E-state index contributed by atoms with van der Waals surface area (Å²) in [4.78, 5) is 25.8. The summed E-state index contributed by atoms with van der Waals surface area (Å²) in [5.74, 6) is -0.205. The molecule has 6 heteroatoms. The van der Waals surface area contributed by atoms with Crippen LogP contribution in [0.25, 0.3) is 0 Å². The Bertz CT molecular complexity index is 477. The lowest BCUT2D eigenvalue weighted by atomic mass is 10.1. The Morgan fingerprint density at radius 1 is 1.39 bits per heavy atom. The van der Waals surface area contributed by atoms with E-state index >= 15 is 0 Å². The highest BCUT2D eigenvalue weighted by atomic mass is 16.5. The summed E-state index contributed by atoms with van der Waals surface area (Å²) in [6.07, 6.45) is 1.83. The maximum atomic E-state index is 12.3. The number of hydrogen-bond acceptors (Lipinski definition) is 3. The van der Waals surface area contributed by atoms with Gasteiger partial charge in [-0.1, -0.05) is 0 Å². The van der Waals surface area contributed by atoms with Crippen molar-refractivity contribution in [1.29, 1.82) is 0 Å². The summed E-state index contributed by atoms with van der Waals surface area (Å²) >= 11 is 0. The van der Waals surface area contributed by atoms with Crippen molar-refractivity contribution in [3.8, 4) is 0 Å². The number of fused-ring (bicyclic) bond motifs is 1. The number of carbonyl (C=O) groups is 2. The van der Waals surface area contributed by atoms with Gasteiger partial charge < -0.3 is 19.5 Å². The van der Waals surface area contributed by atoms with Gasteiger partial charge in [0.15, 0.2) is 0 Å². The van der Waals surface area contributed by atoms with Crippen LogP contribution in [0.2, 0.25) is 0 Å². The van der Waals surface area contributed by atoms with Crippen molar-refractivity contribution in [2.45, 2.75) is 12.6 Å². The van der Waals surface area contributed by atoms with Crippen molar-refractivity contribution in [1.82, 2.24) is 14.8 Å². The largest absolute Gasteiger partial charge is 0.378 e. The smallest absolute Gasteiger partial charge is 0.268 e. The second-order valence-corrected chi connectivity index (χ2v) is 4.51. The number of ether oxygens (including phenoxy) is 1. The average Bonchev–Trinajstić information content (AvgIpc) is 2.88. The minimum absolute atomic E-state index is 0.0222. The van der Waals surface area contributed by atoms with Gasteiger partial charge in [-0.25, -0.2) is 0 Å². The molecule has 2 aliphatic heterocycles. The van der Waals surface area contributed by atoms with Gasteiger partial charge in [0.1, 0.15) is 11.7 Å². The first-order chi connectivity index (χ1) is 8.75. The van der Waals surface area contributed by atoms with E-state index in [9.17, 15) is 9.59 Å². The molecule has 3 heterocycles. The molecule has 2 amide bonds. The van der Waals surface area contributed by atoms with E-state index in [4.69, 9.17) is 4.74 Å². The van der Waals surface area contributed by atoms with E-state index in [1.165, 1.54) is 0 Å². The Kier molecular flexibility index (Phi) is 2.79. The van der Waals surface area contributed by atoms with Gasteiger partial charge in [-0.2, -0.15) is 0 Å². The molecule has 1 N–H and O–H groups in total. The van der Waals surface area contributed by atoms with Gasteiger partial charge in [0.25, 0.3) is 5.91 Å². The van der Waals surface area contributed by atoms with Crippen molar-refractivity contribution in [2.24, 2.45) is 0 Å². The molecule has 1 atom stereocenters. The molecule has 0 spiro atoms. The number of hydrogen-bond donors (Lipinski definition) is 1. The number of rotatable bonds is 1. The Balaban J connectivity index is 1.74. The highest BCUT2D eigenvalue weighted by Gasteiger charge is 2.32. The highest BCUT2D eigenvalue weighted by Crippen LogP contribution is 2.12. The van der Waals surface area contributed by atoms with E-state index in [-0.39, 0.29) is 11.8 Å². The molecule has 1 aromatic heterocycles. The lowest BCUT2D eigenvalue weighted by Crippen LogP contribution is -2.55. The molecule has 2 aliphatic rings. The molecular weight excluding hydrogens is 234 g/mol. The summed E-state index contributed by atoms with van der Waals surface area (Å²) in [7, 11) is 0. The van der Waals surface area contributed by atoms with E-state index < -0.39 is 6.04 Å². The quantitative estimate of drug-likeness (QED) is 0.727. The molecule has 1 saturated heterocycles. The van der Waals surface area contributed by atoms with Crippen molar-refractivity contribution in [3.05, 3.63) is 24.0 Å². The van der Waals surface area contributed by atoms with Crippen LogP contribution in [0.3, 0.4) is 0 Å². The van der Waals surface area contributed by atoms with E-state index in [2.05, 4.69) is 5.32 Å². The minimum atomic E-state index is -0.463. The summed E-state index contributed by atoms with van der Waals surface area (Å²) < 4.78 is 7.04. The third kappa shape index (κ3) is 1.88. The van der Waals surface area contributed by atoms with Crippen LogP contribution < -0.4 is 5.32 Å². The molecule has 1 aromatic rings. The summed E-state index contributed by atoms with van der Waals surface area (Å²) in [5.41, 5.74) is 0.612. The van der Waals surface area contributed by atoms with E-state index in [0.717, 1.165) is 0 Å². The first kappa shape index (κ1) is 11.3. The van der Waals surface area contributed by atoms with Gasteiger partial charge in [-0.3, -0.25) is 9.59 Å². The van der Waals surface area contributed by atoms with Crippen LogP contribution in [-0.4, -0.2) is 53.6 Å². The molecule has 18 heavy (non-hydrogen) atoms. The fraction of sp³-hybridized carbons (Fsp3) is 0.500. The second-order valence-electron chi connectivity index (χ2n) is 4.51. The zero-order valence-electron chi connectivity index (χ0n) is 9.96. The van der Waals surface area contributed by atoms with Crippen LogP contribution in [-0.2, 0) is 16.1 Å². The number of aromatic nitrogens is 1. The summed E-state index contributed by atoms with van der Waals surface area (Å²) in [5, 5.41) is 2.76. The number of nitrogens with one attached hydrogen (secondary N) is 1. The number of nitrogens with zero attached hydrogens (tertiary/aromatic N) is 2. The van der Waals surface area contributed by atoms with E-state index in [1.54, 1.807) is 11.0 Å². The third-order valence-electron chi connectivity index (χ3n) is 3.37. The predicted molar refractivity (Wildman–Crippen MR) is 63.1 cm³/mol. The molecule has 0 radical (unpaired) electrons. The van der Waals surface area contributed by atoms with Crippen molar-refractivity contribution in [2.75, 3.05) is 26.3 Å². The number of morpholine rings is 1. The predicted octanol–water partition coefficient (Wildman–Crippen LogP) is -0.541. The van der Waals surface area contributed by atoms with Gasteiger partial charge in [-0.05, 0) is 12.1 Å². The fourth-order valence-electron chi connectivity index (χ4n) is 2.40. The third-order valence-corrected chi connectivity index (χ3v) is 3.37. The molecule has 0 saturated carbocycles. The van der Waals surface area contributed by atoms with Crippen molar-refractivity contribution in [3.63, 3.8) is 0 Å². The van der Waals surface area contributed by atoms with Crippen LogP contribution in [0.1, 0.15) is 10.5 Å². The Morgan fingerprint density at radius 3 is 2.94 bits per heavy atom. The molecule has 1 fully saturated rings. The zero-order valence-corrected chi connectivity index (χ0v) is 9.96. The minimum Gasteiger partial charge on any atom is -0.378 e. The van der Waals surface area contributed by atoms with E-state index in [1.807, 2.05) is 16.8 Å². The van der Waals surface area contributed by atoms with Crippen LogP contribution >= 0.6 is 0 Å². The normalized spacial score (nSPS) is 23.4. The zero-order chi connectivity index (χ0) is 12.5. The maximum absolute atomic E-state index is 12.3. The summed E-state index contributed by atoms with van der Waals surface area (Å²) in [6, 6.07) is 3.11. The molecule has 0 aliphatic carbocycles. The molecule has 3 rings (SSSR count). The molecule has 96 valence electrons. The fourth-order valence-corrected chi connectivity index (χ4v) is 2.40. The Hall–Kier alpha value is -1.82. The van der Waals surface area contributed by atoms with Gasteiger partial charge in [-0.15, -0.1) is 0 Å². The molecule has 0 aromatic carbocycles. The molecule has 0 bridgehead atoms. The summed E-state index contributed by atoms with van der Waals surface area (Å²) in [6.45, 7) is 2.85. The van der Waals surface area contributed by atoms with E-state index in [0.29, 0.717) is 38.5 Å². The van der Waals surface area contributed by atoms with Crippen molar-refractivity contribution < 1.29 is 14.3 Å². The van der Waals surface area contributed by atoms with Crippen LogP contribution in [0.4, 0.5) is 0 Å². The van der Waals surface area contributed by atoms with Gasteiger partial charge >= 0.3 is 0 Å². The van der Waals surface area contributed by atoms with Crippen LogP contribution in [0.15, 0.2) is 18.3 Å². The van der Waals surface area contributed by atoms with Crippen molar-refractivity contribution >= 4 is 11.8 Å². The first-order valence-corrected chi connectivity index (χ1v) is 6.08. The molecule has 1 unspecified atom stereocenters. The lowest BCUT2D eigenvalue weighted by molar-refractivity contribution is -0.137. The molecular formula is C12H15N3O3. The van der Waals surface area contributed by atoms with Crippen LogP contribution in [0.5, 0.6) is 0 Å². The maximum Gasteiger partial charge on any atom is 0.268 e. The monoisotopic (exact) mass is 249 g/mol.